The maximum absolute atomic E-state index is 12.3. The first-order chi connectivity index (χ1) is 14.0. The Morgan fingerprint density at radius 1 is 0.781 bits per heavy atom. The summed E-state index contributed by atoms with van der Waals surface area (Å²) in [6.07, 6.45) is 10.2. The molecule has 1 heterocycles. The number of fused-ring (bicyclic) bond motifs is 1. The van der Waals surface area contributed by atoms with Gasteiger partial charge >= 0.3 is 0 Å². The summed E-state index contributed by atoms with van der Waals surface area (Å²) in [5.74, 6) is 2.84. The van der Waals surface area contributed by atoms with Gasteiger partial charge in [-0.1, -0.05) is 73.9 Å². The van der Waals surface area contributed by atoms with Crippen molar-refractivity contribution in [3.8, 4) is 0 Å². The molecule has 0 unspecified atom stereocenters. The van der Waals surface area contributed by atoms with Crippen LogP contribution in [0.1, 0.15) is 108 Å². The van der Waals surface area contributed by atoms with Gasteiger partial charge in [-0.2, -0.15) is 0 Å². The second-order valence-corrected chi connectivity index (χ2v) is 9.62. The molecule has 184 valence electrons. The van der Waals surface area contributed by atoms with Crippen LogP contribution < -0.4 is 4.84 Å². The van der Waals surface area contributed by atoms with Crippen molar-refractivity contribution in [2.75, 3.05) is 13.1 Å². The number of benzene rings is 1. The lowest BCUT2D eigenvalue weighted by Gasteiger charge is -2.28. The first-order valence-corrected chi connectivity index (χ1v) is 11.7. The predicted molar refractivity (Wildman–Crippen MR) is 138 cm³/mol. The fourth-order valence-corrected chi connectivity index (χ4v) is 5.04. The highest BCUT2D eigenvalue weighted by Crippen LogP contribution is 2.31. The minimum Gasteiger partial charge on any atom is -0.274 e. The lowest BCUT2D eigenvalue weighted by molar-refractivity contribution is 0.0611. The second-order valence-electron chi connectivity index (χ2n) is 9.36. The standard InChI is InChI=1S/C16H19NO2.C8H16ClN.3CH4/c1-11-6-8-12(9-7-11)10-17-15(18)13-4-2-3-5-14(13)16(17)19;1-7-2-4-8(5-3-7)6-10-9;;;/h2-5,11-12H,6-10H2,1H3;7-8,10H,2-6H2,1H3;3*1H4. The number of hydrogen-bond donors (Lipinski definition) is 1. The fraction of sp³-hybridized carbons (Fsp3) is 0.704. The maximum Gasteiger partial charge on any atom is 0.261 e. The van der Waals surface area contributed by atoms with Crippen LogP contribution in [0.25, 0.3) is 0 Å². The van der Waals surface area contributed by atoms with Crippen LogP contribution in [0.4, 0.5) is 0 Å². The van der Waals surface area contributed by atoms with E-state index in [1.54, 1.807) is 12.1 Å². The van der Waals surface area contributed by atoms with E-state index in [-0.39, 0.29) is 34.1 Å². The van der Waals surface area contributed by atoms with Gasteiger partial charge in [0.05, 0.1) is 11.1 Å². The number of nitrogens with one attached hydrogen (secondary N) is 1. The summed E-state index contributed by atoms with van der Waals surface area (Å²) in [4.78, 5) is 28.7. The number of amides is 2. The highest BCUT2D eigenvalue weighted by Gasteiger charge is 2.36. The number of hydrogen-bond acceptors (Lipinski definition) is 3. The monoisotopic (exact) mass is 466 g/mol. The van der Waals surface area contributed by atoms with E-state index in [4.69, 9.17) is 11.8 Å². The molecule has 1 N–H and O–H groups in total. The number of rotatable bonds is 4. The van der Waals surface area contributed by atoms with Crippen LogP contribution >= 0.6 is 11.8 Å². The molecule has 2 fully saturated rings. The van der Waals surface area contributed by atoms with Crippen LogP contribution in [0.2, 0.25) is 0 Å². The van der Waals surface area contributed by atoms with Gasteiger partial charge in [-0.3, -0.25) is 14.5 Å². The molecule has 0 aromatic heterocycles. The molecule has 2 amide bonds. The van der Waals surface area contributed by atoms with E-state index in [0.717, 1.165) is 37.1 Å². The van der Waals surface area contributed by atoms with Crippen molar-refractivity contribution < 1.29 is 9.59 Å². The number of imide groups is 1. The lowest BCUT2D eigenvalue weighted by atomic mass is 9.83. The van der Waals surface area contributed by atoms with Crippen molar-refractivity contribution in [3.63, 3.8) is 0 Å². The Kier molecular flexibility index (Phi) is 14.1. The smallest absolute Gasteiger partial charge is 0.261 e. The SMILES string of the molecule is C.C.C.CC1CCC(CN2C(=O)c3ccccc3C2=O)CC1.CC1CCC(CNCl)CC1. The first kappa shape index (κ1) is 30.6. The quantitative estimate of drug-likeness (QED) is 0.367. The van der Waals surface area contributed by atoms with Crippen molar-refractivity contribution in [3.05, 3.63) is 35.4 Å². The van der Waals surface area contributed by atoms with Gasteiger partial charge in [-0.25, -0.2) is 4.84 Å². The first-order valence-electron chi connectivity index (χ1n) is 11.3. The van der Waals surface area contributed by atoms with Gasteiger partial charge in [0.2, 0.25) is 0 Å². The van der Waals surface area contributed by atoms with E-state index in [1.807, 2.05) is 12.1 Å². The van der Waals surface area contributed by atoms with Gasteiger partial charge in [-0.15, -0.1) is 0 Å². The van der Waals surface area contributed by atoms with E-state index < -0.39 is 0 Å². The van der Waals surface area contributed by atoms with Gasteiger partial charge in [0, 0.05) is 13.1 Å². The maximum atomic E-state index is 12.3. The third kappa shape index (κ3) is 7.88. The Morgan fingerprint density at radius 3 is 1.59 bits per heavy atom. The Bertz CT molecular complexity index is 658. The second kappa shape index (κ2) is 14.7. The molecule has 5 heteroatoms. The topological polar surface area (TPSA) is 49.4 Å². The molecule has 1 aliphatic heterocycles. The molecule has 4 rings (SSSR count). The van der Waals surface area contributed by atoms with Gasteiger partial charge in [-0.05, 0) is 73.3 Å². The summed E-state index contributed by atoms with van der Waals surface area (Å²) in [6, 6.07) is 7.13. The van der Waals surface area contributed by atoms with Gasteiger partial charge in [0.25, 0.3) is 11.8 Å². The fourth-order valence-electron chi connectivity index (χ4n) is 4.82. The Morgan fingerprint density at radius 2 is 1.19 bits per heavy atom. The summed E-state index contributed by atoms with van der Waals surface area (Å²) >= 11 is 5.42. The summed E-state index contributed by atoms with van der Waals surface area (Å²) in [6.45, 7) is 6.20. The van der Waals surface area contributed by atoms with Crippen molar-refractivity contribution >= 4 is 23.6 Å². The number of carbonyl (C=O) groups excluding carboxylic acids is 2. The zero-order chi connectivity index (χ0) is 20.8. The van der Waals surface area contributed by atoms with Crippen LogP contribution in [0.15, 0.2) is 24.3 Å². The zero-order valence-electron chi connectivity index (χ0n) is 17.8. The van der Waals surface area contributed by atoms with E-state index >= 15 is 0 Å². The molecule has 32 heavy (non-hydrogen) atoms. The van der Waals surface area contributed by atoms with Gasteiger partial charge in [0.15, 0.2) is 0 Å². The zero-order valence-corrected chi connectivity index (χ0v) is 18.6. The largest absolute Gasteiger partial charge is 0.274 e. The van der Waals surface area contributed by atoms with Crippen LogP contribution in [0.3, 0.4) is 0 Å². The average Bonchev–Trinajstić information content (AvgIpc) is 2.97. The van der Waals surface area contributed by atoms with E-state index in [1.165, 1.54) is 43.4 Å². The molecule has 0 saturated heterocycles. The molecular weight excluding hydrogens is 420 g/mol. The Hall–Kier alpha value is -1.39. The van der Waals surface area contributed by atoms with Crippen LogP contribution in [-0.4, -0.2) is 29.8 Å². The molecule has 0 radical (unpaired) electrons. The van der Waals surface area contributed by atoms with E-state index in [2.05, 4.69) is 18.7 Å². The average molecular weight is 467 g/mol. The molecule has 3 aliphatic rings. The van der Waals surface area contributed by atoms with Crippen molar-refractivity contribution in [2.45, 2.75) is 87.5 Å². The third-order valence-corrected chi connectivity index (χ3v) is 7.11. The molecule has 2 saturated carbocycles. The molecule has 0 bridgehead atoms. The number of carbonyl (C=O) groups is 2. The summed E-state index contributed by atoms with van der Waals surface area (Å²) in [5.41, 5.74) is 1.13. The number of halogens is 1. The summed E-state index contributed by atoms with van der Waals surface area (Å²) in [5, 5.41) is 0. The Labute approximate surface area is 202 Å². The minimum atomic E-state index is -0.112. The minimum absolute atomic E-state index is 0. The number of nitrogens with zero attached hydrogens (tertiary/aromatic N) is 1. The Balaban J connectivity index is 0.000000642. The van der Waals surface area contributed by atoms with E-state index in [9.17, 15) is 9.59 Å². The lowest BCUT2D eigenvalue weighted by Crippen LogP contribution is -2.35. The van der Waals surface area contributed by atoms with Gasteiger partial charge < -0.3 is 0 Å². The molecular formula is C27H47ClN2O2. The molecule has 1 aromatic carbocycles. The molecule has 0 spiro atoms. The van der Waals surface area contributed by atoms with Crippen molar-refractivity contribution in [1.82, 2.24) is 9.74 Å². The summed E-state index contributed by atoms with van der Waals surface area (Å²) in [7, 11) is 0. The van der Waals surface area contributed by atoms with Crippen LogP contribution in [0.5, 0.6) is 0 Å². The molecule has 1 aromatic rings. The van der Waals surface area contributed by atoms with E-state index in [0.29, 0.717) is 23.6 Å². The summed E-state index contributed by atoms with van der Waals surface area (Å²) < 4.78 is 0. The highest BCUT2D eigenvalue weighted by atomic mass is 35.5. The normalized spacial score (nSPS) is 26.5. The van der Waals surface area contributed by atoms with Crippen LogP contribution in [-0.2, 0) is 0 Å². The molecule has 2 aliphatic carbocycles. The van der Waals surface area contributed by atoms with Crippen molar-refractivity contribution in [1.29, 1.82) is 0 Å². The predicted octanol–water partition coefficient (Wildman–Crippen LogP) is 7.57. The van der Waals surface area contributed by atoms with Gasteiger partial charge in [0.1, 0.15) is 0 Å². The van der Waals surface area contributed by atoms with Crippen LogP contribution in [0, 0.1) is 23.7 Å². The third-order valence-electron chi connectivity index (χ3n) is 6.96. The molecule has 4 nitrogen and oxygen atoms in total. The molecule has 0 atom stereocenters. The highest BCUT2D eigenvalue weighted by molar-refractivity contribution is 6.21. The van der Waals surface area contributed by atoms with Crippen molar-refractivity contribution in [2.24, 2.45) is 23.7 Å².